The lowest BCUT2D eigenvalue weighted by Crippen LogP contribution is -1.84. The van der Waals surface area contributed by atoms with E-state index in [4.69, 9.17) is 11.6 Å². The Bertz CT molecular complexity index is 206. The van der Waals surface area contributed by atoms with Crippen LogP contribution in [0.4, 0.5) is 4.39 Å². The van der Waals surface area contributed by atoms with Crippen LogP contribution in [0.25, 0.3) is 0 Å². The van der Waals surface area contributed by atoms with Gasteiger partial charge in [0.1, 0.15) is 0 Å². The Morgan fingerprint density at radius 3 is 2.00 bits per heavy atom. The van der Waals surface area contributed by atoms with E-state index in [1.807, 2.05) is 27.7 Å². The molecule has 1 aromatic heterocycles. The maximum Gasteiger partial charge on any atom is 0.231 e. The molecule has 1 aromatic rings. The molecular weight excluding hydrogens is 189 g/mol. The minimum Gasteiger partial charge on any atom is -0.227 e. The Labute approximate surface area is 85.0 Å². The summed E-state index contributed by atoms with van der Waals surface area (Å²) in [6.45, 7) is 9.73. The number of aryl methyl sites for hydroxylation is 1. The third kappa shape index (κ3) is 5.58. The predicted molar refractivity (Wildman–Crippen MR) is 56.6 cm³/mol. The highest BCUT2D eigenvalue weighted by molar-refractivity contribution is 6.31. The van der Waals surface area contributed by atoms with Crippen molar-refractivity contribution < 1.29 is 4.39 Å². The van der Waals surface area contributed by atoms with Crippen LogP contribution in [0.5, 0.6) is 0 Å². The summed E-state index contributed by atoms with van der Waals surface area (Å²) in [5.74, 6) is -0.600. The Balaban J connectivity index is 0. The molecular formula is C10H17ClFN. The van der Waals surface area contributed by atoms with Crippen LogP contribution in [0.2, 0.25) is 5.02 Å². The highest BCUT2D eigenvalue weighted by Gasteiger charge is 2.00. The van der Waals surface area contributed by atoms with Gasteiger partial charge in [-0.3, -0.25) is 0 Å². The lowest BCUT2D eigenvalue weighted by molar-refractivity contribution is 0.583. The zero-order chi connectivity index (χ0) is 10.9. The first-order valence-electron chi connectivity index (χ1n) is 4.48. The number of pyridine rings is 1. The lowest BCUT2D eigenvalue weighted by Gasteiger charge is -1.94. The molecule has 0 atom stereocenters. The van der Waals surface area contributed by atoms with Gasteiger partial charge in [-0.1, -0.05) is 39.3 Å². The molecule has 0 N–H and O–H groups in total. The molecule has 76 valence electrons. The fourth-order valence-corrected chi connectivity index (χ4v) is 0.619. The lowest BCUT2D eigenvalue weighted by atomic mass is 10.3. The average molecular weight is 206 g/mol. The fourth-order valence-electron chi connectivity index (χ4n) is 0.507. The molecule has 0 amide bonds. The van der Waals surface area contributed by atoms with Crippen molar-refractivity contribution in [2.45, 2.75) is 34.6 Å². The molecule has 1 heterocycles. The number of nitrogens with zero attached hydrogens (tertiary/aromatic N) is 1. The number of rotatable bonds is 0. The van der Waals surface area contributed by atoms with Crippen molar-refractivity contribution in [1.82, 2.24) is 4.98 Å². The molecule has 0 saturated heterocycles. The summed E-state index contributed by atoms with van der Waals surface area (Å²) in [5.41, 5.74) is 0.712. The summed E-state index contributed by atoms with van der Waals surface area (Å²) in [4.78, 5) is 3.34. The number of halogens is 2. The molecule has 0 saturated carbocycles. The molecule has 1 rings (SSSR count). The van der Waals surface area contributed by atoms with E-state index < -0.39 is 5.95 Å². The SMILES string of the molecule is CC.CC.Cc1ccnc(F)c1Cl. The van der Waals surface area contributed by atoms with Crippen LogP contribution in [0.1, 0.15) is 33.3 Å². The molecule has 0 spiro atoms. The molecule has 3 heteroatoms. The van der Waals surface area contributed by atoms with Crippen molar-refractivity contribution in [3.63, 3.8) is 0 Å². The third-order valence-electron chi connectivity index (χ3n) is 1.04. The second-order valence-electron chi connectivity index (χ2n) is 1.73. The Morgan fingerprint density at radius 2 is 1.69 bits per heavy atom. The van der Waals surface area contributed by atoms with Crippen molar-refractivity contribution in [1.29, 1.82) is 0 Å². The monoisotopic (exact) mass is 205 g/mol. The van der Waals surface area contributed by atoms with E-state index in [9.17, 15) is 4.39 Å². The molecule has 1 nitrogen and oxygen atoms in total. The normalized spacial score (nSPS) is 7.62. The van der Waals surface area contributed by atoms with Crippen molar-refractivity contribution in [2.75, 3.05) is 0 Å². The molecule has 0 aliphatic heterocycles. The van der Waals surface area contributed by atoms with Crippen molar-refractivity contribution in [3.05, 3.63) is 28.8 Å². The molecule has 0 aliphatic rings. The van der Waals surface area contributed by atoms with Crippen LogP contribution in [-0.2, 0) is 0 Å². The average Bonchev–Trinajstić information content (AvgIpc) is 2.20. The van der Waals surface area contributed by atoms with Gasteiger partial charge >= 0.3 is 0 Å². The van der Waals surface area contributed by atoms with Crippen LogP contribution in [0.3, 0.4) is 0 Å². The highest BCUT2D eigenvalue weighted by Crippen LogP contribution is 2.15. The van der Waals surface area contributed by atoms with Crippen LogP contribution in [0.15, 0.2) is 12.3 Å². The zero-order valence-corrected chi connectivity index (χ0v) is 9.61. The molecule has 0 radical (unpaired) electrons. The topological polar surface area (TPSA) is 12.9 Å². The van der Waals surface area contributed by atoms with E-state index in [0.717, 1.165) is 0 Å². The molecule has 0 bridgehead atoms. The maximum absolute atomic E-state index is 12.3. The van der Waals surface area contributed by atoms with Crippen LogP contribution in [-0.4, -0.2) is 4.98 Å². The van der Waals surface area contributed by atoms with Gasteiger partial charge in [0.2, 0.25) is 5.95 Å². The standard InChI is InChI=1S/C6H5ClFN.2C2H6/c1-4-2-3-9-6(8)5(4)7;2*1-2/h2-3H,1H3;2*1-2H3. The number of aromatic nitrogens is 1. The third-order valence-corrected chi connectivity index (χ3v) is 1.49. The van der Waals surface area contributed by atoms with Crippen LogP contribution in [0, 0.1) is 12.9 Å². The van der Waals surface area contributed by atoms with E-state index in [-0.39, 0.29) is 5.02 Å². The second-order valence-corrected chi connectivity index (χ2v) is 2.11. The summed E-state index contributed by atoms with van der Waals surface area (Å²) >= 11 is 5.44. The van der Waals surface area contributed by atoms with Crippen molar-refractivity contribution >= 4 is 11.6 Å². The number of hydrogen-bond donors (Lipinski definition) is 0. The smallest absolute Gasteiger partial charge is 0.227 e. The van der Waals surface area contributed by atoms with Gasteiger partial charge in [0.25, 0.3) is 0 Å². The van der Waals surface area contributed by atoms with E-state index in [1.165, 1.54) is 6.20 Å². The Kier molecular flexibility index (Phi) is 10.8. The maximum atomic E-state index is 12.3. The summed E-state index contributed by atoms with van der Waals surface area (Å²) in [7, 11) is 0. The molecule has 0 aromatic carbocycles. The Hall–Kier alpha value is -0.630. The van der Waals surface area contributed by atoms with Crippen molar-refractivity contribution in [3.8, 4) is 0 Å². The van der Waals surface area contributed by atoms with Crippen molar-refractivity contribution in [2.24, 2.45) is 0 Å². The molecule has 0 fully saturated rings. The predicted octanol–water partition coefficient (Wildman–Crippen LogP) is 4.23. The fraction of sp³-hybridized carbons (Fsp3) is 0.500. The van der Waals surface area contributed by atoms with Gasteiger partial charge in [-0.05, 0) is 18.6 Å². The van der Waals surface area contributed by atoms with Gasteiger partial charge in [-0.2, -0.15) is 4.39 Å². The van der Waals surface area contributed by atoms with Gasteiger partial charge in [-0.15, -0.1) is 0 Å². The van der Waals surface area contributed by atoms with E-state index in [0.29, 0.717) is 5.56 Å². The zero-order valence-electron chi connectivity index (χ0n) is 8.86. The molecule has 13 heavy (non-hydrogen) atoms. The molecule has 0 aliphatic carbocycles. The summed E-state index contributed by atoms with van der Waals surface area (Å²) in [5, 5.41) is 0.109. The first-order valence-corrected chi connectivity index (χ1v) is 4.86. The van der Waals surface area contributed by atoms with E-state index in [2.05, 4.69) is 4.98 Å². The summed E-state index contributed by atoms with van der Waals surface area (Å²) in [6.07, 6.45) is 1.39. The van der Waals surface area contributed by atoms with E-state index in [1.54, 1.807) is 13.0 Å². The summed E-state index contributed by atoms with van der Waals surface area (Å²) < 4.78 is 12.3. The highest BCUT2D eigenvalue weighted by atomic mass is 35.5. The van der Waals surface area contributed by atoms with Gasteiger partial charge in [0, 0.05) is 6.20 Å². The van der Waals surface area contributed by atoms with Gasteiger partial charge in [0.05, 0.1) is 5.02 Å². The largest absolute Gasteiger partial charge is 0.231 e. The van der Waals surface area contributed by atoms with Gasteiger partial charge < -0.3 is 0 Å². The van der Waals surface area contributed by atoms with Crippen LogP contribution < -0.4 is 0 Å². The number of hydrogen-bond acceptors (Lipinski definition) is 1. The minimum atomic E-state index is -0.600. The molecule has 0 unspecified atom stereocenters. The van der Waals surface area contributed by atoms with Gasteiger partial charge in [0.15, 0.2) is 0 Å². The van der Waals surface area contributed by atoms with E-state index >= 15 is 0 Å². The quantitative estimate of drug-likeness (QED) is 0.578. The Morgan fingerprint density at radius 1 is 1.23 bits per heavy atom. The van der Waals surface area contributed by atoms with Gasteiger partial charge in [-0.25, -0.2) is 4.98 Å². The summed E-state index contributed by atoms with van der Waals surface area (Å²) in [6, 6.07) is 1.66. The minimum absolute atomic E-state index is 0.109. The van der Waals surface area contributed by atoms with Crippen LogP contribution >= 0.6 is 11.6 Å². The first-order chi connectivity index (χ1) is 6.22. The first kappa shape index (κ1) is 14.9. The second kappa shape index (κ2) is 9.46.